The van der Waals surface area contributed by atoms with E-state index < -0.39 is 0 Å². The van der Waals surface area contributed by atoms with Crippen molar-refractivity contribution in [1.82, 2.24) is 0 Å². The summed E-state index contributed by atoms with van der Waals surface area (Å²) in [4.78, 5) is 0. The SMILES string of the molecule is CC[C@H](N)c1ccc2cc3ccccc3cc2c1. The highest BCUT2D eigenvalue weighted by Gasteiger charge is 2.04. The molecule has 0 aromatic heterocycles. The Morgan fingerprint density at radius 1 is 0.833 bits per heavy atom. The quantitative estimate of drug-likeness (QED) is 0.654. The second-order valence-electron chi connectivity index (χ2n) is 4.82. The molecule has 0 heterocycles. The van der Waals surface area contributed by atoms with Gasteiger partial charge in [0.25, 0.3) is 0 Å². The van der Waals surface area contributed by atoms with Crippen LogP contribution in [0.25, 0.3) is 21.5 Å². The lowest BCUT2D eigenvalue weighted by Crippen LogP contribution is -2.08. The van der Waals surface area contributed by atoms with E-state index in [1.165, 1.54) is 27.1 Å². The first kappa shape index (κ1) is 11.2. The average Bonchev–Trinajstić information content (AvgIpc) is 2.43. The van der Waals surface area contributed by atoms with Crippen LogP contribution in [0.15, 0.2) is 54.6 Å². The van der Waals surface area contributed by atoms with E-state index in [2.05, 4.69) is 61.5 Å². The molecule has 0 aliphatic carbocycles. The van der Waals surface area contributed by atoms with Crippen molar-refractivity contribution in [2.75, 3.05) is 0 Å². The van der Waals surface area contributed by atoms with Gasteiger partial charge in [0.2, 0.25) is 0 Å². The summed E-state index contributed by atoms with van der Waals surface area (Å²) in [6.45, 7) is 2.12. The van der Waals surface area contributed by atoms with Crippen LogP contribution in [0.1, 0.15) is 24.9 Å². The van der Waals surface area contributed by atoms with E-state index in [1.54, 1.807) is 0 Å². The monoisotopic (exact) mass is 235 g/mol. The molecule has 0 amide bonds. The summed E-state index contributed by atoms with van der Waals surface area (Å²) in [5.74, 6) is 0. The molecule has 0 aliphatic heterocycles. The van der Waals surface area contributed by atoms with Crippen molar-refractivity contribution in [1.29, 1.82) is 0 Å². The van der Waals surface area contributed by atoms with Gasteiger partial charge in [0.15, 0.2) is 0 Å². The fraction of sp³-hybridized carbons (Fsp3) is 0.176. The molecule has 0 radical (unpaired) electrons. The number of rotatable bonds is 2. The van der Waals surface area contributed by atoms with Crippen LogP contribution in [-0.2, 0) is 0 Å². The predicted octanol–water partition coefficient (Wildman–Crippen LogP) is 4.40. The Morgan fingerprint density at radius 2 is 1.44 bits per heavy atom. The second kappa shape index (κ2) is 4.43. The molecule has 90 valence electrons. The fourth-order valence-corrected chi connectivity index (χ4v) is 2.42. The van der Waals surface area contributed by atoms with Gasteiger partial charge in [0.1, 0.15) is 0 Å². The van der Waals surface area contributed by atoms with Crippen molar-refractivity contribution in [3.05, 3.63) is 60.2 Å². The summed E-state index contributed by atoms with van der Waals surface area (Å²) >= 11 is 0. The molecule has 0 aliphatic rings. The Kier molecular flexibility index (Phi) is 2.77. The van der Waals surface area contributed by atoms with E-state index >= 15 is 0 Å². The van der Waals surface area contributed by atoms with Gasteiger partial charge in [-0.2, -0.15) is 0 Å². The Balaban J connectivity index is 2.24. The van der Waals surface area contributed by atoms with Gasteiger partial charge in [-0.15, -0.1) is 0 Å². The normalized spacial score (nSPS) is 13.0. The summed E-state index contributed by atoms with van der Waals surface area (Å²) in [6.07, 6.45) is 0.971. The van der Waals surface area contributed by atoms with Gasteiger partial charge in [-0.25, -0.2) is 0 Å². The zero-order valence-electron chi connectivity index (χ0n) is 10.6. The molecule has 0 unspecified atom stereocenters. The van der Waals surface area contributed by atoms with E-state index in [4.69, 9.17) is 5.73 Å². The third-order valence-corrected chi connectivity index (χ3v) is 3.60. The van der Waals surface area contributed by atoms with Gasteiger partial charge >= 0.3 is 0 Å². The van der Waals surface area contributed by atoms with Crippen LogP contribution in [0, 0.1) is 0 Å². The minimum Gasteiger partial charge on any atom is -0.324 e. The molecule has 0 saturated carbocycles. The van der Waals surface area contributed by atoms with Crippen molar-refractivity contribution in [3.63, 3.8) is 0 Å². The molecule has 1 heteroatoms. The number of hydrogen-bond acceptors (Lipinski definition) is 1. The zero-order chi connectivity index (χ0) is 12.5. The summed E-state index contributed by atoms with van der Waals surface area (Å²) in [7, 11) is 0. The lowest BCUT2D eigenvalue weighted by molar-refractivity contribution is 0.700. The maximum atomic E-state index is 6.10. The summed E-state index contributed by atoms with van der Waals surface area (Å²) < 4.78 is 0. The average molecular weight is 235 g/mol. The van der Waals surface area contributed by atoms with Crippen molar-refractivity contribution in [2.45, 2.75) is 19.4 Å². The maximum Gasteiger partial charge on any atom is 0.0292 e. The first-order valence-corrected chi connectivity index (χ1v) is 6.46. The van der Waals surface area contributed by atoms with Crippen LogP contribution in [-0.4, -0.2) is 0 Å². The molecule has 2 N–H and O–H groups in total. The van der Waals surface area contributed by atoms with Crippen molar-refractivity contribution in [2.24, 2.45) is 5.73 Å². The van der Waals surface area contributed by atoms with Gasteiger partial charge in [0, 0.05) is 6.04 Å². The van der Waals surface area contributed by atoms with Crippen molar-refractivity contribution < 1.29 is 0 Å². The minimum absolute atomic E-state index is 0.140. The number of benzene rings is 3. The number of hydrogen-bond donors (Lipinski definition) is 1. The van der Waals surface area contributed by atoms with Gasteiger partial charge in [-0.3, -0.25) is 0 Å². The van der Waals surface area contributed by atoms with Gasteiger partial charge in [-0.1, -0.05) is 43.3 Å². The number of fused-ring (bicyclic) bond motifs is 2. The van der Waals surface area contributed by atoms with Crippen LogP contribution in [0.3, 0.4) is 0 Å². The number of nitrogens with two attached hydrogens (primary N) is 1. The molecule has 1 atom stereocenters. The van der Waals surface area contributed by atoms with E-state index in [0.29, 0.717) is 0 Å². The maximum absolute atomic E-state index is 6.10. The van der Waals surface area contributed by atoms with Crippen molar-refractivity contribution >= 4 is 21.5 Å². The third kappa shape index (κ3) is 1.87. The fourth-order valence-electron chi connectivity index (χ4n) is 2.42. The molecule has 0 saturated heterocycles. The van der Waals surface area contributed by atoms with Gasteiger partial charge in [-0.05, 0) is 51.7 Å². The Bertz CT molecular complexity index is 700. The van der Waals surface area contributed by atoms with Crippen LogP contribution in [0.5, 0.6) is 0 Å². The molecule has 0 bridgehead atoms. The minimum atomic E-state index is 0.140. The molecule has 3 rings (SSSR count). The van der Waals surface area contributed by atoms with Gasteiger partial charge < -0.3 is 5.73 Å². The van der Waals surface area contributed by atoms with E-state index in [9.17, 15) is 0 Å². The highest BCUT2D eigenvalue weighted by atomic mass is 14.6. The van der Waals surface area contributed by atoms with E-state index in [-0.39, 0.29) is 6.04 Å². The van der Waals surface area contributed by atoms with E-state index in [1.807, 2.05) is 0 Å². The molecule has 1 nitrogen and oxygen atoms in total. The molecular weight excluding hydrogens is 218 g/mol. The predicted molar refractivity (Wildman–Crippen MR) is 78.7 cm³/mol. The molecule has 3 aromatic carbocycles. The zero-order valence-corrected chi connectivity index (χ0v) is 10.6. The summed E-state index contributed by atoms with van der Waals surface area (Å²) in [5.41, 5.74) is 7.32. The third-order valence-electron chi connectivity index (χ3n) is 3.60. The smallest absolute Gasteiger partial charge is 0.0292 e. The molecular formula is C17H17N. The highest BCUT2D eigenvalue weighted by Crippen LogP contribution is 2.25. The van der Waals surface area contributed by atoms with Crippen LogP contribution >= 0.6 is 0 Å². The Morgan fingerprint density at radius 3 is 2.11 bits per heavy atom. The van der Waals surface area contributed by atoms with Crippen LogP contribution in [0.4, 0.5) is 0 Å². The lowest BCUT2D eigenvalue weighted by Gasteiger charge is -2.10. The molecule has 18 heavy (non-hydrogen) atoms. The topological polar surface area (TPSA) is 26.0 Å². The van der Waals surface area contributed by atoms with E-state index in [0.717, 1.165) is 6.42 Å². The largest absolute Gasteiger partial charge is 0.324 e. The van der Waals surface area contributed by atoms with Gasteiger partial charge in [0.05, 0.1) is 0 Å². The Hall–Kier alpha value is -1.86. The van der Waals surface area contributed by atoms with Crippen LogP contribution in [0.2, 0.25) is 0 Å². The molecule has 3 aromatic rings. The standard InChI is InChI=1S/C17H17N/c1-2-17(18)15-8-7-14-9-12-5-3-4-6-13(12)10-16(14)11-15/h3-11,17H,2,18H2,1H3/t17-/m0/s1. The van der Waals surface area contributed by atoms with Crippen molar-refractivity contribution in [3.8, 4) is 0 Å². The highest BCUT2D eigenvalue weighted by molar-refractivity contribution is 5.98. The lowest BCUT2D eigenvalue weighted by atomic mass is 9.98. The first-order chi connectivity index (χ1) is 8.78. The van der Waals surface area contributed by atoms with Crippen LogP contribution < -0.4 is 5.73 Å². The molecule has 0 fully saturated rings. The summed E-state index contributed by atoms with van der Waals surface area (Å²) in [6, 6.07) is 19.6. The summed E-state index contributed by atoms with van der Waals surface area (Å²) in [5, 5.41) is 5.13. The Labute approximate surface area is 107 Å². The molecule has 0 spiro atoms. The second-order valence-corrected chi connectivity index (χ2v) is 4.82. The first-order valence-electron chi connectivity index (χ1n) is 6.46.